The van der Waals surface area contributed by atoms with E-state index >= 15 is 0 Å². The lowest BCUT2D eigenvalue weighted by molar-refractivity contribution is 0.0916. The van der Waals surface area contributed by atoms with Crippen LogP contribution in [-0.4, -0.2) is 16.4 Å². The maximum Gasteiger partial charge on any atom is 0.263 e. The standard InChI is InChI=1S/C13H17N3OS/c1-4-13(2,3)16-11(17)10-9(14)8-6-5-7-15-12(8)18-10/h5-7H,4,14H2,1-3H3,(H,16,17). The topological polar surface area (TPSA) is 68.0 Å². The number of carbonyl (C=O) groups is 1. The molecule has 0 aromatic carbocycles. The molecule has 0 spiro atoms. The van der Waals surface area contributed by atoms with Gasteiger partial charge in [-0.3, -0.25) is 4.79 Å². The summed E-state index contributed by atoms with van der Waals surface area (Å²) in [5.41, 5.74) is 6.30. The lowest BCUT2D eigenvalue weighted by atomic mass is 10.0. The quantitative estimate of drug-likeness (QED) is 0.894. The second-order valence-corrected chi connectivity index (χ2v) is 5.89. The number of nitrogen functional groups attached to an aromatic ring is 1. The average molecular weight is 263 g/mol. The molecule has 1 amide bonds. The van der Waals surface area contributed by atoms with Crippen molar-refractivity contribution in [3.8, 4) is 0 Å². The van der Waals surface area contributed by atoms with Crippen molar-refractivity contribution in [2.75, 3.05) is 5.73 Å². The highest BCUT2D eigenvalue weighted by molar-refractivity contribution is 7.21. The number of hydrogen-bond donors (Lipinski definition) is 2. The number of aromatic nitrogens is 1. The van der Waals surface area contributed by atoms with Crippen molar-refractivity contribution in [3.63, 3.8) is 0 Å². The highest BCUT2D eigenvalue weighted by Crippen LogP contribution is 2.32. The molecular weight excluding hydrogens is 246 g/mol. The van der Waals surface area contributed by atoms with Crippen LogP contribution in [0.1, 0.15) is 36.9 Å². The van der Waals surface area contributed by atoms with Gasteiger partial charge in [0, 0.05) is 17.1 Å². The minimum Gasteiger partial charge on any atom is -0.397 e. The lowest BCUT2D eigenvalue weighted by Crippen LogP contribution is -2.42. The third kappa shape index (κ3) is 2.31. The summed E-state index contributed by atoms with van der Waals surface area (Å²) in [4.78, 5) is 17.8. The SMILES string of the molecule is CCC(C)(C)NC(=O)c1sc2ncccc2c1N. The molecule has 0 fully saturated rings. The molecule has 0 bridgehead atoms. The predicted octanol–water partition coefficient (Wildman–Crippen LogP) is 2.80. The number of hydrogen-bond acceptors (Lipinski definition) is 4. The normalized spacial score (nSPS) is 11.7. The van der Waals surface area contributed by atoms with E-state index in [1.807, 2.05) is 32.9 Å². The summed E-state index contributed by atoms with van der Waals surface area (Å²) in [5, 5.41) is 3.84. The Balaban J connectivity index is 2.37. The molecule has 5 heteroatoms. The fourth-order valence-corrected chi connectivity index (χ4v) is 2.53. The van der Waals surface area contributed by atoms with Crippen LogP contribution in [0.2, 0.25) is 0 Å². The molecular formula is C13H17N3OS. The van der Waals surface area contributed by atoms with Crippen LogP contribution in [0.15, 0.2) is 18.3 Å². The van der Waals surface area contributed by atoms with Crippen molar-refractivity contribution in [2.24, 2.45) is 0 Å². The van der Waals surface area contributed by atoms with Gasteiger partial charge in [-0.2, -0.15) is 0 Å². The summed E-state index contributed by atoms with van der Waals surface area (Å²) in [6.07, 6.45) is 2.57. The Morgan fingerprint density at radius 2 is 2.28 bits per heavy atom. The maximum atomic E-state index is 12.2. The molecule has 0 atom stereocenters. The van der Waals surface area contributed by atoms with Gasteiger partial charge in [-0.05, 0) is 32.4 Å². The van der Waals surface area contributed by atoms with E-state index in [2.05, 4.69) is 10.3 Å². The van der Waals surface area contributed by atoms with Gasteiger partial charge in [0.25, 0.3) is 5.91 Å². The predicted molar refractivity (Wildman–Crippen MR) is 75.9 cm³/mol. The lowest BCUT2D eigenvalue weighted by Gasteiger charge is -2.24. The van der Waals surface area contributed by atoms with Gasteiger partial charge in [-0.15, -0.1) is 11.3 Å². The first-order valence-corrected chi connectivity index (χ1v) is 6.72. The molecule has 0 aliphatic heterocycles. The molecule has 2 rings (SSSR count). The van der Waals surface area contributed by atoms with Crippen LogP contribution in [0.25, 0.3) is 10.2 Å². The zero-order chi connectivity index (χ0) is 13.3. The summed E-state index contributed by atoms with van der Waals surface area (Å²) >= 11 is 1.34. The minimum atomic E-state index is -0.229. The summed E-state index contributed by atoms with van der Waals surface area (Å²) in [7, 11) is 0. The average Bonchev–Trinajstić information content (AvgIpc) is 2.67. The zero-order valence-corrected chi connectivity index (χ0v) is 11.6. The molecule has 2 aromatic rings. The van der Waals surface area contributed by atoms with E-state index < -0.39 is 0 Å². The largest absolute Gasteiger partial charge is 0.397 e. The van der Waals surface area contributed by atoms with Crippen LogP contribution in [0, 0.1) is 0 Å². The van der Waals surface area contributed by atoms with Crippen LogP contribution in [0.4, 0.5) is 5.69 Å². The Morgan fingerprint density at radius 1 is 1.56 bits per heavy atom. The number of thiophene rings is 1. The van der Waals surface area contributed by atoms with Gasteiger partial charge in [-0.25, -0.2) is 4.98 Å². The first-order valence-electron chi connectivity index (χ1n) is 5.90. The number of nitrogens with one attached hydrogen (secondary N) is 1. The molecule has 0 aliphatic rings. The second-order valence-electron chi connectivity index (χ2n) is 4.89. The fourth-order valence-electron chi connectivity index (χ4n) is 1.57. The Hall–Kier alpha value is -1.62. The molecule has 2 heterocycles. The van der Waals surface area contributed by atoms with E-state index in [0.717, 1.165) is 16.6 Å². The number of anilines is 1. The maximum absolute atomic E-state index is 12.2. The smallest absolute Gasteiger partial charge is 0.263 e. The summed E-state index contributed by atoms with van der Waals surface area (Å²) in [6, 6.07) is 3.71. The van der Waals surface area contributed by atoms with Gasteiger partial charge in [0.2, 0.25) is 0 Å². The second kappa shape index (κ2) is 4.57. The van der Waals surface area contributed by atoms with Crippen LogP contribution in [0.5, 0.6) is 0 Å². The van der Waals surface area contributed by atoms with E-state index in [1.165, 1.54) is 11.3 Å². The monoisotopic (exact) mass is 263 g/mol. The van der Waals surface area contributed by atoms with Gasteiger partial charge < -0.3 is 11.1 Å². The van der Waals surface area contributed by atoms with E-state index in [1.54, 1.807) is 6.20 Å². The van der Waals surface area contributed by atoms with E-state index in [0.29, 0.717) is 10.6 Å². The van der Waals surface area contributed by atoms with Crippen LogP contribution in [-0.2, 0) is 0 Å². The number of fused-ring (bicyclic) bond motifs is 1. The van der Waals surface area contributed by atoms with E-state index in [-0.39, 0.29) is 11.4 Å². The molecule has 0 saturated carbocycles. The number of amides is 1. The van der Waals surface area contributed by atoms with Crippen molar-refractivity contribution in [1.29, 1.82) is 0 Å². The van der Waals surface area contributed by atoms with Gasteiger partial charge >= 0.3 is 0 Å². The zero-order valence-electron chi connectivity index (χ0n) is 10.8. The molecule has 0 aliphatic carbocycles. The van der Waals surface area contributed by atoms with Gasteiger partial charge in [0.15, 0.2) is 0 Å². The Kier molecular flexibility index (Phi) is 3.26. The molecule has 96 valence electrons. The molecule has 18 heavy (non-hydrogen) atoms. The fraction of sp³-hybridized carbons (Fsp3) is 0.385. The van der Waals surface area contributed by atoms with E-state index in [9.17, 15) is 4.79 Å². The van der Waals surface area contributed by atoms with Gasteiger partial charge in [0.05, 0.1) is 5.69 Å². The molecule has 4 nitrogen and oxygen atoms in total. The molecule has 3 N–H and O–H groups in total. The van der Waals surface area contributed by atoms with Crippen molar-refractivity contribution in [3.05, 3.63) is 23.2 Å². The summed E-state index contributed by atoms with van der Waals surface area (Å²) in [6.45, 7) is 6.02. The minimum absolute atomic E-state index is 0.123. The first-order chi connectivity index (χ1) is 8.44. The van der Waals surface area contributed by atoms with Crippen LogP contribution >= 0.6 is 11.3 Å². The summed E-state index contributed by atoms with van der Waals surface area (Å²) < 4.78 is 0. The Bertz CT molecular complexity index is 589. The number of carbonyl (C=O) groups excluding carboxylic acids is 1. The van der Waals surface area contributed by atoms with Crippen molar-refractivity contribution >= 4 is 33.1 Å². The third-order valence-electron chi connectivity index (χ3n) is 3.05. The highest BCUT2D eigenvalue weighted by atomic mass is 32.1. The summed E-state index contributed by atoms with van der Waals surface area (Å²) in [5.74, 6) is -0.123. The molecule has 0 unspecified atom stereocenters. The Labute approximate surface area is 110 Å². The molecule has 0 saturated heterocycles. The number of pyridine rings is 1. The van der Waals surface area contributed by atoms with Gasteiger partial charge in [-0.1, -0.05) is 6.92 Å². The number of nitrogens with two attached hydrogens (primary N) is 1. The molecule has 0 radical (unpaired) electrons. The number of rotatable bonds is 3. The van der Waals surface area contributed by atoms with Gasteiger partial charge in [0.1, 0.15) is 9.71 Å². The first kappa shape index (κ1) is 12.8. The van der Waals surface area contributed by atoms with E-state index in [4.69, 9.17) is 5.73 Å². The van der Waals surface area contributed by atoms with Crippen molar-refractivity contribution in [2.45, 2.75) is 32.7 Å². The van der Waals surface area contributed by atoms with Crippen LogP contribution in [0.3, 0.4) is 0 Å². The number of nitrogens with zero attached hydrogens (tertiary/aromatic N) is 1. The highest BCUT2D eigenvalue weighted by Gasteiger charge is 2.22. The van der Waals surface area contributed by atoms with Crippen LogP contribution < -0.4 is 11.1 Å². The third-order valence-corrected chi connectivity index (χ3v) is 4.17. The Morgan fingerprint density at radius 3 is 2.89 bits per heavy atom. The van der Waals surface area contributed by atoms with Crippen molar-refractivity contribution in [1.82, 2.24) is 10.3 Å². The molecule has 2 aromatic heterocycles. The van der Waals surface area contributed by atoms with Crippen molar-refractivity contribution < 1.29 is 4.79 Å².